The molecule has 0 aliphatic carbocycles. The second kappa shape index (κ2) is 6.85. The molecule has 0 fully saturated rings. The normalized spacial score (nSPS) is 11.8. The van der Waals surface area contributed by atoms with E-state index in [2.05, 4.69) is 20.3 Å². The summed E-state index contributed by atoms with van der Waals surface area (Å²) >= 11 is 1.40. The van der Waals surface area contributed by atoms with E-state index >= 15 is 0 Å². The number of primary amides is 1. The van der Waals surface area contributed by atoms with Gasteiger partial charge in [-0.2, -0.15) is 0 Å². The zero-order chi connectivity index (χ0) is 12.7. The van der Waals surface area contributed by atoms with Crippen LogP contribution in [0.1, 0.15) is 23.2 Å². The van der Waals surface area contributed by atoms with Gasteiger partial charge in [-0.05, 0) is 25.4 Å². The highest BCUT2D eigenvalue weighted by Crippen LogP contribution is 2.17. The number of aromatic nitrogens is 1. The second-order valence-electron chi connectivity index (χ2n) is 3.42. The van der Waals surface area contributed by atoms with Crippen molar-refractivity contribution in [2.45, 2.75) is 19.4 Å². The minimum absolute atomic E-state index is 0.395. The minimum atomic E-state index is -0.570. The summed E-state index contributed by atoms with van der Waals surface area (Å²) in [5, 5.41) is 8.93. The van der Waals surface area contributed by atoms with Crippen LogP contribution in [0.25, 0.3) is 10.4 Å². The number of carbonyl (C=O) groups is 1. The van der Waals surface area contributed by atoms with Crippen LogP contribution in [0.2, 0.25) is 0 Å². The Kier molecular flexibility index (Phi) is 5.41. The monoisotopic (exact) mass is 254 g/mol. The number of amides is 1. The molecule has 0 bridgehead atoms. The summed E-state index contributed by atoms with van der Waals surface area (Å²) in [6.45, 7) is 2.80. The fraction of sp³-hybridized carbons (Fsp3) is 0.556. The largest absolute Gasteiger partial charge is 0.368 e. The summed E-state index contributed by atoms with van der Waals surface area (Å²) in [5.74, 6) is -0.455. The molecular formula is C9H14N6OS. The Hall–Kier alpha value is -1.63. The van der Waals surface area contributed by atoms with Crippen molar-refractivity contribution in [2.75, 3.05) is 13.1 Å². The van der Waals surface area contributed by atoms with E-state index in [0.29, 0.717) is 24.5 Å². The van der Waals surface area contributed by atoms with Crippen LogP contribution < -0.4 is 11.1 Å². The van der Waals surface area contributed by atoms with Crippen LogP contribution in [0.15, 0.2) is 10.5 Å². The Morgan fingerprint density at radius 2 is 2.59 bits per heavy atom. The molecule has 1 atom stereocenters. The number of nitrogens with zero attached hydrogens (tertiary/aromatic N) is 4. The van der Waals surface area contributed by atoms with Crippen LogP contribution in [0.5, 0.6) is 0 Å². The zero-order valence-electron chi connectivity index (χ0n) is 9.46. The van der Waals surface area contributed by atoms with Crippen LogP contribution in [-0.4, -0.2) is 24.0 Å². The molecule has 1 heterocycles. The number of carbonyl (C=O) groups excluding carboxylic acids is 1. The maximum absolute atomic E-state index is 11.3. The summed E-state index contributed by atoms with van der Waals surface area (Å²) in [7, 11) is 0. The third kappa shape index (κ3) is 4.39. The number of aryl methyl sites for hydroxylation is 1. The lowest BCUT2D eigenvalue weighted by molar-refractivity contribution is -0.120. The summed E-state index contributed by atoms with van der Waals surface area (Å²) in [6.07, 6.45) is 0.651. The van der Waals surface area contributed by atoms with Crippen LogP contribution in [-0.2, 0) is 4.79 Å². The van der Waals surface area contributed by atoms with Crippen molar-refractivity contribution < 1.29 is 4.79 Å². The molecule has 1 rings (SSSR count). The molecule has 0 aliphatic heterocycles. The number of nitrogens with two attached hydrogens (primary N) is 1. The highest BCUT2D eigenvalue weighted by atomic mass is 32.1. The van der Waals surface area contributed by atoms with Gasteiger partial charge in [-0.3, -0.25) is 4.79 Å². The predicted octanol–water partition coefficient (Wildman–Crippen LogP) is 1.27. The quantitative estimate of drug-likeness (QED) is 0.330. The van der Waals surface area contributed by atoms with Crippen molar-refractivity contribution >= 4 is 17.2 Å². The lowest BCUT2D eigenvalue weighted by Crippen LogP contribution is -2.34. The van der Waals surface area contributed by atoms with Gasteiger partial charge >= 0.3 is 0 Å². The molecule has 8 heteroatoms. The van der Waals surface area contributed by atoms with Crippen molar-refractivity contribution in [3.63, 3.8) is 0 Å². The lowest BCUT2D eigenvalue weighted by Gasteiger charge is -2.11. The molecule has 3 N–H and O–H groups in total. The van der Waals surface area contributed by atoms with Gasteiger partial charge in [-0.15, -0.1) is 11.3 Å². The molecule has 1 aromatic heterocycles. The van der Waals surface area contributed by atoms with Gasteiger partial charge in [-0.25, -0.2) is 4.98 Å². The summed E-state index contributed by atoms with van der Waals surface area (Å²) in [5.41, 5.74) is 14.3. The first-order valence-electron chi connectivity index (χ1n) is 5.10. The molecule has 0 aliphatic rings. The van der Waals surface area contributed by atoms with Crippen LogP contribution in [0, 0.1) is 6.92 Å². The summed E-state index contributed by atoms with van der Waals surface area (Å²) in [4.78, 5) is 18.1. The maximum atomic E-state index is 11.3. The third-order valence-corrected chi connectivity index (χ3v) is 3.04. The zero-order valence-corrected chi connectivity index (χ0v) is 10.3. The van der Waals surface area contributed by atoms with Gasteiger partial charge in [0, 0.05) is 22.5 Å². The molecular weight excluding hydrogens is 240 g/mol. The molecule has 7 nitrogen and oxygen atoms in total. The van der Waals surface area contributed by atoms with Gasteiger partial charge in [0.25, 0.3) is 0 Å². The number of azide groups is 1. The van der Waals surface area contributed by atoms with E-state index < -0.39 is 11.9 Å². The average molecular weight is 254 g/mol. The molecule has 0 aromatic carbocycles. The SMILES string of the molecule is Cc1csc(C(NCCCN=[N+]=[N-])C(N)=O)n1. The molecule has 0 saturated carbocycles. The van der Waals surface area contributed by atoms with E-state index in [1.54, 1.807) is 0 Å². The highest BCUT2D eigenvalue weighted by Gasteiger charge is 2.19. The molecule has 0 radical (unpaired) electrons. The summed E-state index contributed by atoms with van der Waals surface area (Å²) in [6, 6.07) is -0.570. The van der Waals surface area contributed by atoms with Crippen LogP contribution in [0.4, 0.5) is 0 Å². The van der Waals surface area contributed by atoms with E-state index in [1.165, 1.54) is 11.3 Å². The average Bonchev–Trinajstić information content (AvgIpc) is 2.69. The fourth-order valence-corrected chi connectivity index (χ4v) is 2.13. The lowest BCUT2D eigenvalue weighted by atomic mass is 10.3. The number of hydrogen-bond donors (Lipinski definition) is 2. The van der Waals surface area contributed by atoms with Gasteiger partial charge in [0.15, 0.2) is 0 Å². The third-order valence-electron chi connectivity index (χ3n) is 2.01. The van der Waals surface area contributed by atoms with E-state index in [9.17, 15) is 4.79 Å². The van der Waals surface area contributed by atoms with Gasteiger partial charge in [-0.1, -0.05) is 5.11 Å². The molecule has 1 unspecified atom stereocenters. The Morgan fingerprint density at radius 1 is 1.82 bits per heavy atom. The molecule has 0 saturated heterocycles. The minimum Gasteiger partial charge on any atom is -0.368 e. The summed E-state index contributed by atoms with van der Waals surface area (Å²) < 4.78 is 0. The van der Waals surface area contributed by atoms with E-state index in [0.717, 1.165) is 5.69 Å². The maximum Gasteiger partial charge on any atom is 0.241 e. The highest BCUT2D eigenvalue weighted by molar-refractivity contribution is 7.09. The van der Waals surface area contributed by atoms with Gasteiger partial charge < -0.3 is 11.1 Å². The first-order valence-corrected chi connectivity index (χ1v) is 5.98. The first kappa shape index (κ1) is 13.4. The Balaban J connectivity index is 2.50. The van der Waals surface area contributed by atoms with Crippen molar-refractivity contribution in [3.8, 4) is 0 Å². The Bertz CT molecular complexity index is 425. The van der Waals surface area contributed by atoms with Crippen molar-refractivity contribution in [3.05, 3.63) is 26.5 Å². The standard InChI is InChI=1S/C9H14N6OS/c1-6-5-17-9(14-6)7(8(10)16)12-3-2-4-13-15-11/h5,7,12H,2-4H2,1H3,(H2,10,16). The second-order valence-corrected chi connectivity index (χ2v) is 4.31. The molecule has 17 heavy (non-hydrogen) atoms. The van der Waals surface area contributed by atoms with Crippen LogP contribution >= 0.6 is 11.3 Å². The van der Waals surface area contributed by atoms with E-state index in [1.807, 2.05) is 12.3 Å². The van der Waals surface area contributed by atoms with Gasteiger partial charge in [0.2, 0.25) is 5.91 Å². The van der Waals surface area contributed by atoms with Crippen molar-refractivity contribution in [2.24, 2.45) is 10.8 Å². The van der Waals surface area contributed by atoms with Gasteiger partial charge in [0.1, 0.15) is 11.0 Å². The van der Waals surface area contributed by atoms with Crippen molar-refractivity contribution in [1.29, 1.82) is 0 Å². The fourth-order valence-electron chi connectivity index (χ4n) is 1.26. The first-order chi connectivity index (χ1) is 8.15. The Morgan fingerprint density at radius 3 is 3.12 bits per heavy atom. The number of rotatable bonds is 7. The van der Waals surface area contributed by atoms with Crippen molar-refractivity contribution in [1.82, 2.24) is 10.3 Å². The van der Waals surface area contributed by atoms with Gasteiger partial charge in [0.05, 0.1) is 0 Å². The molecule has 92 valence electrons. The Labute approximate surface area is 103 Å². The molecule has 0 spiro atoms. The number of nitrogens with one attached hydrogen (secondary N) is 1. The van der Waals surface area contributed by atoms with E-state index in [-0.39, 0.29) is 0 Å². The molecule has 1 aromatic rings. The molecule has 1 amide bonds. The van der Waals surface area contributed by atoms with Crippen LogP contribution in [0.3, 0.4) is 0 Å². The topological polar surface area (TPSA) is 117 Å². The predicted molar refractivity (Wildman–Crippen MR) is 65.4 cm³/mol. The number of hydrogen-bond acceptors (Lipinski definition) is 5. The van der Waals surface area contributed by atoms with E-state index in [4.69, 9.17) is 11.3 Å². The number of thiazole rings is 1. The smallest absolute Gasteiger partial charge is 0.241 e.